The van der Waals surface area contributed by atoms with E-state index in [0.29, 0.717) is 44.3 Å². The van der Waals surface area contributed by atoms with Crippen LogP contribution < -0.4 is 20.1 Å². The van der Waals surface area contributed by atoms with Crippen LogP contribution in [0.5, 0.6) is 5.75 Å². The van der Waals surface area contributed by atoms with Gasteiger partial charge in [0.1, 0.15) is 17.7 Å². The standard InChI is InChI=1S/C18H31FN4O3S/c1-4-16(26-17-10-7-9-15(19)13-17)14-22-18(20-5-2)21-11-8-12-23-27(24,25)6-3/h7,9-10,13,16,23H,4-6,8,11-12,14H2,1-3H3,(H2,20,21,22). The van der Waals surface area contributed by atoms with Gasteiger partial charge in [0.05, 0.1) is 12.3 Å². The van der Waals surface area contributed by atoms with E-state index in [9.17, 15) is 12.8 Å². The third-order valence-electron chi connectivity index (χ3n) is 3.70. The molecule has 154 valence electrons. The summed E-state index contributed by atoms with van der Waals surface area (Å²) in [6, 6.07) is 6.06. The lowest BCUT2D eigenvalue weighted by Crippen LogP contribution is -2.39. The molecule has 0 aliphatic carbocycles. The number of nitrogens with one attached hydrogen (secondary N) is 3. The van der Waals surface area contributed by atoms with Crippen molar-refractivity contribution in [3.63, 3.8) is 0 Å². The minimum atomic E-state index is -3.15. The number of nitrogens with zero attached hydrogens (tertiary/aromatic N) is 1. The van der Waals surface area contributed by atoms with Crippen molar-refractivity contribution in [1.82, 2.24) is 15.4 Å². The first-order chi connectivity index (χ1) is 12.9. The zero-order valence-electron chi connectivity index (χ0n) is 16.3. The van der Waals surface area contributed by atoms with Crippen molar-refractivity contribution in [2.75, 3.05) is 31.9 Å². The van der Waals surface area contributed by atoms with E-state index < -0.39 is 10.0 Å². The fraction of sp³-hybridized carbons (Fsp3) is 0.611. The van der Waals surface area contributed by atoms with Crippen LogP contribution in [0.4, 0.5) is 4.39 Å². The Morgan fingerprint density at radius 3 is 2.63 bits per heavy atom. The Morgan fingerprint density at radius 1 is 1.22 bits per heavy atom. The zero-order chi connectivity index (χ0) is 20.1. The number of guanidine groups is 1. The molecule has 1 aromatic rings. The molecule has 0 aliphatic rings. The fourth-order valence-electron chi connectivity index (χ4n) is 2.14. The molecule has 1 aromatic carbocycles. The van der Waals surface area contributed by atoms with Gasteiger partial charge in [0.15, 0.2) is 5.96 Å². The number of sulfonamides is 1. The number of hydrogen-bond acceptors (Lipinski definition) is 4. The Morgan fingerprint density at radius 2 is 2.00 bits per heavy atom. The predicted octanol–water partition coefficient (Wildman–Crippen LogP) is 1.87. The van der Waals surface area contributed by atoms with Gasteiger partial charge in [0.25, 0.3) is 0 Å². The molecule has 0 fully saturated rings. The molecule has 0 radical (unpaired) electrons. The number of benzene rings is 1. The Kier molecular flexibility index (Phi) is 10.7. The fourth-order valence-corrected chi connectivity index (χ4v) is 2.80. The highest BCUT2D eigenvalue weighted by atomic mass is 32.2. The van der Waals surface area contributed by atoms with Gasteiger partial charge >= 0.3 is 0 Å². The summed E-state index contributed by atoms with van der Waals surface area (Å²) in [4.78, 5) is 4.50. The second-order valence-electron chi connectivity index (χ2n) is 5.90. The van der Waals surface area contributed by atoms with E-state index in [-0.39, 0.29) is 17.7 Å². The van der Waals surface area contributed by atoms with E-state index in [1.165, 1.54) is 12.1 Å². The van der Waals surface area contributed by atoms with Crippen molar-refractivity contribution in [3.05, 3.63) is 30.1 Å². The molecule has 9 heteroatoms. The first-order valence-corrected chi connectivity index (χ1v) is 11.0. The van der Waals surface area contributed by atoms with Gasteiger partial charge in [0, 0.05) is 25.7 Å². The maximum Gasteiger partial charge on any atom is 0.211 e. The molecule has 0 bridgehead atoms. The van der Waals surface area contributed by atoms with Crippen LogP contribution in [0.1, 0.15) is 33.6 Å². The van der Waals surface area contributed by atoms with Gasteiger partial charge in [-0.25, -0.2) is 22.5 Å². The molecular formula is C18H31FN4O3S. The molecule has 0 saturated heterocycles. The van der Waals surface area contributed by atoms with Crippen molar-refractivity contribution in [2.45, 2.75) is 39.7 Å². The number of hydrogen-bond donors (Lipinski definition) is 3. The summed E-state index contributed by atoms with van der Waals surface area (Å²) in [6.07, 6.45) is 1.21. The van der Waals surface area contributed by atoms with Crippen molar-refractivity contribution < 1.29 is 17.5 Å². The lowest BCUT2D eigenvalue weighted by atomic mass is 10.2. The van der Waals surface area contributed by atoms with Gasteiger partial charge in [-0.2, -0.15) is 0 Å². The predicted molar refractivity (Wildman–Crippen MR) is 107 cm³/mol. The monoisotopic (exact) mass is 402 g/mol. The molecule has 0 amide bonds. The molecule has 0 aliphatic heterocycles. The summed E-state index contributed by atoms with van der Waals surface area (Å²) >= 11 is 0. The molecule has 1 unspecified atom stereocenters. The highest BCUT2D eigenvalue weighted by molar-refractivity contribution is 7.89. The normalized spacial score (nSPS) is 13.3. The Bertz CT molecular complexity index is 683. The molecule has 1 rings (SSSR count). The highest BCUT2D eigenvalue weighted by Crippen LogP contribution is 2.15. The van der Waals surface area contributed by atoms with Crippen LogP contribution in [-0.2, 0) is 10.0 Å². The van der Waals surface area contributed by atoms with Crippen molar-refractivity contribution >= 4 is 16.0 Å². The molecule has 0 aromatic heterocycles. The largest absolute Gasteiger partial charge is 0.488 e. The maximum absolute atomic E-state index is 13.3. The van der Waals surface area contributed by atoms with E-state index in [2.05, 4.69) is 20.3 Å². The minimum absolute atomic E-state index is 0.0776. The van der Waals surface area contributed by atoms with Crippen LogP contribution in [-0.4, -0.2) is 52.4 Å². The molecule has 0 saturated carbocycles. The first kappa shape index (κ1) is 23.2. The topological polar surface area (TPSA) is 91.8 Å². The maximum atomic E-state index is 13.3. The van der Waals surface area contributed by atoms with Crippen molar-refractivity contribution in [1.29, 1.82) is 0 Å². The number of ether oxygens (including phenoxy) is 1. The summed E-state index contributed by atoms with van der Waals surface area (Å²) in [5, 5.41) is 6.30. The van der Waals surface area contributed by atoms with Gasteiger partial charge in [0.2, 0.25) is 10.0 Å². The molecule has 1 atom stereocenters. The Labute approximate surface area is 161 Å². The second kappa shape index (κ2) is 12.5. The van der Waals surface area contributed by atoms with Crippen LogP contribution in [0.2, 0.25) is 0 Å². The van der Waals surface area contributed by atoms with E-state index in [1.54, 1.807) is 19.1 Å². The number of rotatable bonds is 12. The van der Waals surface area contributed by atoms with E-state index in [1.807, 2.05) is 13.8 Å². The zero-order valence-corrected chi connectivity index (χ0v) is 17.1. The van der Waals surface area contributed by atoms with Crippen LogP contribution in [0.25, 0.3) is 0 Å². The lowest BCUT2D eigenvalue weighted by molar-refractivity contribution is 0.205. The van der Waals surface area contributed by atoms with Gasteiger partial charge in [-0.05, 0) is 38.8 Å². The second-order valence-corrected chi connectivity index (χ2v) is 8.00. The van der Waals surface area contributed by atoms with Crippen LogP contribution in [0, 0.1) is 5.82 Å². The third kappa shape index (κ3) is 10.1. The van der Waals surface area contributed by atoms with Crippen LogP contribution in [0.15, 0.2) is 29.3 Å². The van der Waals surface area contributed by atoms with Crippen molar-refractivity contribution in [2.24, 2.45) is 4.99 Å². The minimum Gasteiger partial charge on any atom is -0.488 e. The highest BCUT2D eigenvalue weighted by Gasteiger charge is 2.09. The summed E-state index contributed by atoms with van der Waals surface area (Å²) < 4.78 is 44.3. The van der Waals surface area contributed by atoms with Gasteiger partial charge in [-0.1, -0.05) is 13.0 Å². The molecule has 0 heterocycles. The lowest BCUT2D eigenvalue weighted by Gasteiger charge is -2.17. The summed E-state index contributed by atoms with van der Waals surface area (Å²) in [5.41, 5.74) is 0. The molecule has 0 spiro atoms. The Hall–Kier alpha value is -1.87. The van der Waals surface area contributed by atoms with Crippen LogP contribution in [0.3, 0.4) is 0 Å². The molecule has 3 N–H and O–H groups in total. The first-order valence-electron chi connectivity index (χ1n) is 9.31. The van der Waals surface area contributed by atoms with E-state index in [0.717, 1.165) is 6.42 Å². The SMILES string of the molecule is CCNC(=NCC(CC)Oc1cccc(F)c1)NCCCNS(=O)(=O)CC. The summed E-state index contributed by atoms with van der Waals surface area (Å²) in [5.74, 6) is 0.865. The molecular weight excluding hydrogens is 371 g/mol. The smallest absolute Gasteiger partial charge is 0.211 e. The van der Waals surface area contributed by atoms with Gasteiger partial charge < -0.3 is 15.4 Å². The van der Waals surface area contributed by atoms with Gasteiger partial charge in [-0.15, -0.1) is 0 Å². The summed E-state index contributed by atoms with van der Waals surface area (Å²) in [7, 11) is -3.15. The number of aliphatic imine (C=N–C) groups is 1. The van der Waals surface area contributed by atoms with Crippen LogP contribution >= 0.6 is 0 Å². The molecule has 27 heavy (non-hydrogen) atoms. The average molecular weight is 403 g/mol. The molecule has 7 nitrogen and oxygen atoms in total. The Balaban J connectivity index is 2.48. The quantitative estimate of drug-likeness (QED) is 0.282. The van der Waals surface area contributed by atoms with E-state index >= 15 is 0 Å². The average Bonchev–Trinajstić information content (AvgIpc) is 2.64. The number of halogens is 1. The van der Waals surface area contributed by atoms with Crippen molar-refractivity contribution in [3.8, 4) is 5.75 Å². The van der Waals surface area contributed by atoms with E-state index in [4.69, 9.17) is 4.74 Å². The van der Waals surface area contributed by atoms with Gasteiger partial charge in [-0.3, -0.25) is 0 Å². The third-order valence-corrected chi connectivity index (χ3v) is 5.10. The summed E-state index contributed by atoms with van der Waals surface area (Å²) in [6.45, 7) is 7.64.